The molecule has 1 amide bonds. The van der Waals surface area contributed by atoms with Crippen molar-refractivity contribution in [1.82, 2.24) is 10.2 Å². The molecule has 92 valence electrons. The van der Waals surface area contributed by atoms with Crippen molar-refractivity contribution in [3.63, 3.8) is 0 Å². The van der Waals surface area contributed by atoms with Crippen molar-refractivity contribution >= 4 is 15.7 Å². The van der Waals surface area contributed by atoms with Crippen LogP contribution in [0.4, 0.5) is 0 Å². The maximum Gasteiger partial charge on any atom is 0.224 e. The van der Waals surface area contributed by atoms with E-state index in [1.54, 1.807) is 0 Å². The van der Waals surface area contributed by atoms with Crippen molar-refractivity contribution in [1.29, 1.82) is 0 Å². The van der Waals surface area contributed by atoms with E-state index >= 15 is 0 Å². The summed E-state index contributed by atoms with van der Waals surface area (Å²) in [4.78, 5) is 13.9. The Bertz CT molecular complexity index is 380. The molecule has 2 fully saturated rings. The SMILES string of the molecule is CN1CCC(C(=O)NC2CCS(=O)(=O)C2)C1. The minimum atomic E-state index is -2.90. The number of hydrogen-bond donors (Lipinski definition) is 1. The van der Waals surface area contributed by atoms with Gasteiger partial charge in [0, 0.05) is 12.6 Å². The molecule has 0 radical (unpaired) electrons. The Morgan fingerprint density at radius 3 is 2.62 bits per heavy atom. The highest BCUT2D eigenvalue weighted by molar-refractivity contribution is 7.91. The fourth-order valence-electron chi connectivity index (χ4n) is 2.38. The lowest BCUT2D eigenvalue weighted by Crippen LogP contribution is -2.40. The van der Waals surface area contributed by atoms with E-state index in [4.69, 9.17) is 0 Å². The van der Waals surface area contributed by atoms with E-state index in [2.05, 4.69) is 10.2 Å². The fraction of sp³-hybridized carbons (Fsp3) is 0.900. The van der Waals surface area contributed by atoms with Crippen LogP contribution >= 0.6 is 0 Å². The number of carbonyl (C=O) groups excluding carboxylic acids is 1. The van der Waals surface area contributed by atoms with Gasteiger partial charge in [0.15, 0.2) is 9.84 Å². The summed E-state index contributed by atoms with van der Waals surface area (Å²) < 4.78 is 22.5. The van der Waals surface area contributed by atoms with Gasteiger partial charge in [0.25, 0.3) is 0 Å². The van der Waals surface area contributed by atoms with E-state index in [9.17, 15) is 13.2 Å². The predicted octanol–water partition coefficient (Wildman–Crippen LogP) is -0.759. The first kappa shape index (κ1) is 11.9. The number of likely N-dealkylation sites (tertiary alicyclic amines) is 1. The number of nitrogens with zero attached hydrogens (tertiary/aromatic N) is 1. The van der Waals surface area contributed by atoms with Crippen molar-refractivity contribution in [2.75, 3.05) is 31.6 Å². The Morgan fingerprint density at radius 2 is 2.12 bits per heavy atom. The average Bonchev–Trinajstić information content (AvgIpc) is 2.73. The van der Waals surface area contributed by atoms with Gasteiger partial charge in [-0.15, -0.1) is 0 Å². The lowest BCUT2D eigenvalue weighted by molar-refractivity contribution is -0.125. The van der Waals surface area contributed by atoms with Crippen molar-refractivity contribution in [3.05, 3.63) is 0 Å². The molecule has 6 heteroatoms. The van der Waals surface area contributed by atoms with Gasteiger partial charge in [-0.3, -0.25) is 4.79 Å². The molecule has 0 aromatic heterocycles. The van der Waals surface area contributed by atoms with Crippen molar-refractivity contribution < 1.29 is 13.2 Å². The third-order valence-electron chi connectivity index (χ3n) is 3.34. The Kier molecular flexibility index (Phi) is 3.21. The van der Waals surface area contributed by atoms with Gasteiger partial charge in [-0.25, -0.2) is 8.42 Å². The van der Waals surface area contributed by atoms with Gasteiger partial charge in [0.2, 0.25) is 5.91 Å². The topological polar surface area (TPSA) is 66.5 Å². The van der Waals surface area contributed by atoms with Crippen molar-refractivity contribution in [2.45, 2.75) is 18.9 Å². The minimum Gasteiger partial charge on any atom is -0.352 e. The molecule has 0 saturated carbocycles. The van der Waals surface area contributed by atoms with Gasteiger partial charge in [-0.2, -0.15) is 0 Å². The lowest BCUT2D eigenvalue weighted by Gasteiger charge is -2.15. The molecule has 5 nitrogen and oxygen atoms in total. The number of amides is 1. The third kappa shape index (κ3) is 2.74. The van der Waals surface area contributed by atoms with Crippen molar-refractivity contribution in [3.8, 4) is 0 Å². The fourth-order valence-corrected chi connectivity index (χ4v) is 4.05. The molecule has 0 bridgehead atoms. The first-order chi connectivity index (χ1) is 7.46. The Balaban J connectivity index is 1.84. The van der Waals surface area contributed by atoms with Gasteiger partial charge in [0.1, 0.15) is 0 Å². The summed E-state index contributed by atoms with van der Waals surface area (Å²) in [6, 6.07) is -0.164. The smallest absolute Gasteiger partial charge is 0.224 e. The number of sulfone groups is 1. The predicted molar refractivity (Wildman–Crippen MR) is 60.8 cm³/mol. The van der Waals surface area contributed by atoms with Crippen LogP contribution in [0.5, 0.6) is 0 Å². The largest absolute Gasteiger partial charge is 0.352 e. The van der Waals surface area contributed by atoms with Crippen LogP contribution in [-0.4, -0.2) is 56.9 Å². The van der Waals surface area contributed by atoms with E-state index in [0.29, 0.717) is 6.42 Å². The monoisotopic (exact) mass is 246 g/mol. The highest BCUT2D eigenvalue weighted by atomic mass is 32.2. The summed E-state index contributed by atoms with van der Waals surface area (Å²) >= 11 is 0. The molecule has 0 aromatic rings. The standard InChI is InChI=1S/C10H18N2O3S/c1-12-4-2-8(6-12)10(13)11-9-3-5-16(14,15)7-9/h8-9H,2-7H2,1H3,(H,11,13). The van der Waals surface area contributed by atoms with Gasteiger partial charge < -0.3 is 10.2 Å². The molecule has 0 spiro atoms. The summed E-state index contributed by atoms with van der Waals surface area (Å²) in [5.41, 5.74) is 0. The van der Waals surface area contributed by atoms with Gasteiger partial charge in [-0.1, -0.05) is 0 Å². The first-order valence-electron chi connectivity index (χ1n) is 5.65. The van der Waals surface area contributed by atoms with Gasteiger partial charge in [0.05, 0.1) is 17.4 Å². The maximum atomic E-state index is 11.8. The second-order valence-electron chi connectivity index (χ2n) is 4.86. The summed E-state index contributed by atoms with van der Waals surface area (Å²) in [7, 11) is -0.907. The number of hydrogen-bond acceptors (Lipinski definition) is 4. The Morgan fingerprint density at radius 1 is 1.38 bits per heavy atom. The molecule has 0 aliphatic carbocycles. The molecular formula is C10H18N2O3S. The normalized spacial score (nSPS) is 34.1. The Labute approximate surface area is 96.1 Å². The molecule has 16 heavy (non-hydrogen) atoms. The number of rotatable bonds is 2. The van der Waals surface area contributed by atoms with Gasteiger partial charge in [-0.05, 0) is 26.4 Å². The zero-order valence-corrected chi connectivity index (χ0v) is 10.3. The lowest BCUT2D eigenvalue weighted by atomic mass is 10.1. The second-order valence-corrected chi connectivity index (χ2v) is 7.09. The summed E-state index contributed by atoms with van der Waals surface area (Å²) in [5.74, 6) is 0.379. The molecule has 2 aliphatic rings. The van der Waals surface area contributed by atoms with Crippen molar-refractivity contribution in [2.24, 2.45) is 5.92 Å². The van der Waals surface area contributed by atoms with Gasteiger partial charge >= 0.3 is 0 Å². The first-order valence-corrected chi connectivity index (χ1v) is 7.48. The van der Waals surface area contributed by atoms with Crippen LogP contribution in [0.2, 0.25) is 0 Å². The molecule has 1 N–H and O–H groups in total. The van der Waals surface area contributed by atoms with Crippen LogP contribution < -0.4 is 5.32 Å². The quantitative estimate of drug-likeness (QED) is 0.695. The maximum absolute atomic E-state index is 11.8. The molecule has 2 saturated heterocycles. The molecule has 2 atom stereocenters. The van der Waals surface area contributed by atoms with Crippen LogP contribution in [0.25, 0.3) is 0 Å². The highest BCUT2D eigenvalue weighted by Gasteiger charge is 2.32. The van der Waals surface area contributed by atoms with E-state index in [1.807, 2.05) is 7.05 Å². The molecule has 2 aliphatic heterocycles. The van der Waals surface area contributed by atoms with Crippen LogP contribution in [0, 0.1) is 5.92 Å². The van der Waals surface area contributed by atoms with E-state index in [0.717, 1.165) is 19.5 Å². The zero-order chi connectivity index (χ0) is 11.8. The average molecular weight is 246 g/mol. The molecular weight excluding hydrogens is 228 g/mol. The molecule has 0 aromatic carbocycles. The molecule has 2 rings (SSSR count). The number of nitrogens with one attached hydrogen (secondary N) is 1. The summed E-state index contributed by atoms with van der Waals surface area (Å²) in [6.07, 6.45) is 1.44. The van der Waals surface area contributed by atoms with E-state index < -0.39 is 9.84 Å². The van der Waals surface area contributed by atoms with E-state index in [-0.39, 0.29) is 29.4 Å². The van der Waals surface area contributed by atoms with Crippen LogP contribution in [0.1, 0.15) is 12.8 Å². The zero-order valence-electron chi connectivity index (χ0n) is 9.48. The Hall–Kier alpha value is -0.620. The minimum absolute atomic E-state index is 0.0199. The summed E-state index contributed by atoms with van der Waals surface area (Å²) in [6.45, 7) is 1.73. The summed E-state index contributed by atoms with van der Waals surface area (Å²) in [5, 5.41) is 2.85. The highest BCUT2D eigenvalue weighted by Crippen LogP contribution is 2.16. The van der Waals surface area contributed by atoms with Crippen LogP contribution in [0.3, 0.4) is 0 Å². The van der Waals surface area contributed by atoms with E-state index in [1.165, 1.54) is 0 Å². The van der Waals surface area contributed by atoms with Crippen LogP contribution in [-0.2, 0) is 14.6 Å². The third-order valence-corrected chi connectivity index (χ3v) is 5.11. The molecule has 2 heterocycles. The van der Waals surface area contributed by atoms with Crippen LogP contribution in [0.15, 0.2) is 0 Å². The second kappa shape index (κ2) is 4.33. The number of carbonyl (C=O) groups is 1. The molecule has 2 unspecified atom stereocenters.